The normalized spacial score (nSPS) is 14.1. The maximum atomic E-state index is 12.5. The van der Waals surface area contributed by atoms with Gasteiger partial charge in [-0.2, -0.15) is 0 Å². The lowest BCUT2D eigenvalue weighted by Crippen LogP contribution is -2.46. The smallest absolute Gasteiger partial charge is 0.340 e. The maximum absolute atomic E-state index is 12.5. The van der Waals surface area contributed by atoms with Gasteiger partial charge in [-0.1, -0.05) is 23.2 Å². The van der Waals surface area contributed by atoms with Crippen molar-refractivity contribution in [2.45, 2.75) is 50.1 Å². The van der Waals surface area contributed by atoms with Crippen molar-refractivity contribution in [2.75, 3.05) is 20.2 Å². The lowest BCUT2D eigenvalue weighted by atomic mass is 10.1. The lowest BCUT2D eigenvalue weighted by molar-refractivity contribution is -0.137. The van der Waals surface area contributed by atoms with Crippen LogP contribution in [0.15, 0.2) is 17.0 Å². The first kappa shape index (κ1) is 25.4. The zero-order valence-electron chi connectivity index (χ0n) is 17.6. The predicted octanol–water partition coefficient (Wildman–Crippen LogP) is 1.96. The Labute approximate surface area is 191 Å². The number of amides is 2. The molecule has 1 aromatic carbocycles. The molecule has 1 saturated carbocycles. The second-order valence-corrected chi connectivity index (χ2v) is 10.8. The number of nitrogens with zero attached hydrogens (tertiary/aromatic N) is 1. The molecule has 31 heavy (non-hydrogen) atoms. The number of esters is 1. The van der Waals surface area contributed by atoms with Crippen molar-refractivity contribution >= 4 is 51.0 Å². The first-order chi connectivity index (χ1) is 14.2. The van der Waals surface area contributed by atoms with Crippen LogP contribution in [0.5, 0.6) is 0 Å². The maximum Gasteiger partial charge on any atom is 0.340 e. The largest absolute Gasteiger partial charge is 0.452 e. The molecule has 0 radical (unpaired) electrons. The summed E-state index contributed by atoms with van der Waals surface area (Å²) < 4.78 is 32.4. The molecule has 0 spiro atoms. The van der Waals surface area contributed by atoms with Gasteiger partial charge in [0.1, 0.15) is 4.90 Å². The minimum absolute atomic E-state index is 0.120. The van der Waals surface area contributed by atoms with Crippen molar-refractivity contribution in [3.8, 4) is 0 Å². The topological polar surface area (TPSA) is 122 Å². The third kappa shape index (κ3) is 7.64. The van der Waals surface area contributed by atoms with Crippen LogP contribution < -0.4 is 10.0 Å². The Bertz CT molecular complexity index is 987. The molecule has 172 valence electrons. The summed E-state index contributed by atoms with van der Waals surface area (Å²) in [5, 5.41) is 2.45. The number of nitrogens with one attached hydrogen (secondary N) is 2. The SMILES string of the molecule is CN(CC(=O)NC(C)(C)C)C(=O)COC(=O)c1cc(S(=O)(=O)NC2CC2)c(Cl)cc1Cl. The van der Waals surface area contributed by atoms with Gasteiger partial charge >= 0.3 is 5.97 Å². The number of ether oxygens (including phenoxy) is 1. The monoisotopic (exact) mass is 493 g/mol. The van der Waals surface area contributed by atoms with E-state index >= 15 is 0 Å². The molecule has 2 N–H and O–H groups in total. The highest BCUT2D eigenvalue weighted by Gasteiger charge is 2.30. The highest BCUT2D eigenvalue weighted by atomic mass is 35.5. The quantitative estimate of drug-likeness (QED) is 0.533. The van der Waals surface area contributed by atoms with Gasteiger partial charge in [0.05, 0.1) is 22.2 Å². The van der Waals surface area contributed by atoms with Crippen LogP contribution in [0.25, 0.3) is 0 Å². The van der Waals surface area contributed by atoms with E-state index in [1.165, 1.54) is 7.05 Å². The summed E-state index contributed by atoms with van der Waals surface area (Å²) in [5.74, 6) is -1.98. The van der Waals surface area contributed by atoms with E-state index in [0.29, 0.717) is 0 Å². The summed E-state index contributed by atoms with van der Waals surface area (Å²) in [4.78, 5) is 37.3. The number of benzene rings is 1. The van der Waals surface area contributed by atoms with Crippen molar-refractivity contribution in [1.82, 2.24) is 14.9 Å². The lowest BCUT2D eigenvalue weighted by Gasteiger charge is -2.23. The molecular weight excluding hydrogens is 469 g/mol. The van der Waals surface area contributed by atoms with Crippen LogP contribution in [0.2, 0.25) is 10.0 Å². The number of halogens is 2. The highest BCUT2D eigenvalue weighted by Crippen LogP contribution is 2.31. The van der Waals surface area contributed by atoms with E-state index in [2.05, 4.69) is 10.0 Å². The van der Waals surface area contributed by atoms with Crippen LogP contribution in [-0.2, 0) is 24.3 Å². The first-order valence-corrected chi connectivity index (χ1v) is 11.7. The Hall–Kier alpha value is -1.88. The van der Waals surface area contributed by atoms with E-state index in [9.17, 15) is 22.8 Å². The molecular formula is C19H25Cl2N3O6S. The minimum Gasteiger partial charge on any atom is -0.452 e. The Morgan fingerprint density at radius 3 is 2.32 bits per heavy atom. The summed E-state index contributed by atoms with van der Waals surface area (Å²) in [6.07, 6.45) is 1.45. The predicted molar refractivity (Wildman–Crippen MR) is 116 cm³/mol. The molecule has 9 nitrogen and oxygen atoms in total. The average Bonchev–Trinajstić information content (AvgIpc) is 3.40. The van der Waals surface area contributed by atoms with Crippen molar-refractivity contribution in [2.24, 2.45) is 0 Å². The van der Waals surface area contributed by atoms with Gasteiger partial charge in [-0.05, 0) is 45.7 Å². The van der Waals surface area contributed by atoms with Gasteiger partial charge in [0.25, 0.3) is 5.91 Å². The summed E-state index contributed by atoms with van der Waals surface area (Å²) in [5.41, 5.74) is -0.700. The van der Waals surface area contributed by atoms with Crippen LogP contribution in [0, 0.1) is 0 Å². The number of hydrogen-bond acceptors (Lipinski definition) is 6. The number of likely N-dealkylation sites (N-methyl/N-ethyl adjacent to an activating group) is 1. The Morgan fingerprint density at radius 2 is 1.77 bits per heavy atom. The van der Waals surface area contributed by atoms with Crippen molar-refractivity contribution in [1.29, 1.82) is 0 Å². The minimum atomic E-state index is -3.94. The fraction of sp³-hybridized carbons (Fsp3) is 0.526. The van der Waals surface area contributed by atoms with Crippen LogP contribution in [-0.4, -0.2) is 62.9 Å². The molecule has 1 fully saturated rings. The zero-order chi connectivity index (χ0) is 23.6. The highest BCUT2D eigenvalue weighted by molar-refractivity contribution is 7.89. The van der Waals surface area contributed by atoms with Crippen LogP contribution in [0.4, 0.5) is 0 Å². The first-order valence-electron chi connectivity index (χ1n) is 9.43. The number of rotatable bonds is 8. The summed E-state index contributed by atoms with van der Waals surface area (Å²) in [6, 6.07) is 1.99. The number of carbonyl (C=O) groups excluding carboxylic acids is 3. The van der Waals surface area contributed by atoms with E-state index in [1.807, 2.05) is 0 Å². The summed E-state index contributed by atoms with van der Waals surface area (Å²) in [6.45, 7) is 4.54. The fourth-order valence-electron chi connectivity index (χ4n) is 2.45. The molecule has 0 aliphatic heterocycles. The van der Waals surface area contributed by atoms with Gasteiger partial charge in [0.2, 0.25) is 15.9 Å². The summed E-state index contributed by atoms with van der Waals surface area (Å²) >= 11 is 12.0. The van der Waals surface area contributed by atoms with Crippen molar-refractivity contribution < 1.29 is 27.5 Å². The number of carbonyl (C=O) groups is 3. The average molecular weight is 494 g/mol. The zero-order valence-corrected chi connectivity index (χ0v) is 19.9. The van der Waals surface area contributed by atoms with Gasteiger partial charge < -0.3 is 15.0 Å². The molecule has 2 rings (SSSR count). The van der Waals surface area contributed by atoms with Gasteiger partial charge in [-0.25, -0.2) is 17.9 Å². The Morgan fingerprint density at radius 1 is 1.16 bits per heavy atom. The second-order valence-electron chi connectivity index (χ2n) is 8.28. The standard InChI is InChI=1S/C19H25Cl2N3O6S/c1-19(2,3)22-16(25)9-24(4)17(26)10-30-18(27)12-7-15(14(21)8-13(12)20)31(28,29)23-11-5-6-11/h7-8,11,23H,5-6,9-10H2,1-4H3,(H,22,25). The molecule has 1 aliphatic rings. The van der Waals surface area contributed by atoms with E-state index < -0.39 is 34.0 Å². The van der Waals surface area contributed by atoms with Gasteiger partial charge in [0, 0.05) is 18.6 Å². The van der Waals surface area contributed by atoms with Crippen molar-refractivity contribution in [3.05, 3.63) is 27.7 Å². The molecule has 1 aliphatic carbocycles. The number of sulfonamides is 1. The second kappa shape index (κ2) is 9.72. The molecule has 0 atom stereocenters. The molecule has 12 heteroatoms. The Balaban J connectivity index is 2.04. The van der Waals surface area contributed by atoms with Crippen molar-refractivity contribution in [3.63, 3.8) is 0 Å². The van der Waals surface area contributed by atoms with Gasteiger partial charge in [-0.3, -0.25) is 9.59 Å². The molecule has 0 aromatic heterocycles. The van der Waals surface area contributed by atoms with Crippen LogP contribution >= 0.6 is 23.2 Å². The molecule has 0 unspecified atom stereocenters. The summed E-state index contributed by atoms with van der Waals surface area (Å²) in [7, 11) is -2.55. The van der Waals surface area contributed by atoms with Gasteiger partial charge in [-0.15, -0.1) is 0 Å². The molecule has 0 heterocycles. The Kier molecular flexibility index (Phi) is 7.96. The van der Waals surface area contributed by atoms with E-state index in [4.69, 9.17) is 27.9 Å². The molecule has 1 aromatic rings. The third-order valence-electron chi connectivity index (χ3n) is 4.08. The third-order valence-corrected chi connectivity index (χ3v) is 6.38. The van der Waals surface area contributed by atoms with Crippen LogP contribution in [0.3, 0.4) is 0 Å². The van der Waals surface area contributed by atoms with E-state index in [0.717, 1.165) is 29.9 Å². The molecule has 2 amide bonds. The van der Waals surface area contributed by atoms with Gasteiger partial charge in [0.15, 0.2) is 6.61 Å². The fourth-order valence-corrected chi connectivity index (χ4v) is 4.61. The van der Waals surface area contributed by atoms with E-state index in [1.54, 1.807) is 20.8 Å². The van der Waals surface area contributed by atoms with E-state index in [-0.39, 0.29) is 39.0 Å². The molecule has 0 saturated heterocycles. The van der Waals surface area contributed by atoms with Crippen LogP contribution in [0.1, 0.15) is 44.0 Å². The molecule has 0 bridgehead atoms. The number of hydrogen-bond donors (Lipinski definition) is 2.